The molecule has 0 bridgehead atoms. The molecule has 1 heterocycles. The first-order valence-corrected chi connectivity index (χ1v) is 9.22. The zero-order chi connectivity index (χ0) is 13.9. The molecule has 1 saturated carbocycles. The van der Waals surface area contributed by atoms with Crippen molar-refractivity contribution in [3.05, 3.63) is 0 Å². The maximum Gasteiger partial charge on any atom is 0.0583 e. The standard InChI is InChI=1S/C16H30BrNO/c1-3-7-16(11-17,8-4-2)12-18-9-13-5-6-15(19)14(13)10-18/h13-15,19H,3-12H2,1-2H3. The van der Waals surface area contributed by atoms with Gasteiger partial charge in [0.25, 0.3) is 0 Å². The summed E-state index contributed by atoms with van der Waals surface area (Å²) in [6.07, 6.45) is 7.44. The Hall–Kier alpha value is 0.400. The summed E-state index contributed by atoms with van der Waals surface area (Å²) in [5.41, 5.74) is 0.451. The smallest absolute Gasteiger partial charge is 0.0583 e. The summed E-state index contributed by atoms with van der Waals surface area (Å²) in [6.45, 7) is 8.18. The van der Waals surface area contributed by atoms with Crippen LogP contribution in [0.4, 0.5) is 0 Å². The van der Waals surface area contributed by atoms with Crippen LogP contribution in [-0.4, -0.2) is 41.1 Å². The Morgan fingerprint density at radius 3 is 2.37 bits per heavy atom. The summed E-state index contributed by atoms with van der Waals surface area (Å²) in [4.78, 5) is 2.64. The van der Waals surface area contributed by atoms with Crippen LogP contribution in [0.15, 0.2) is 0 Å². The molecule has 0 radical (unpaired) electrons. The van der Waals surface area contributed by atoms with E-state index < -0.39 is 0 Å². The Kier molecular flexibility index (Phi) is 5.74. The molecule has 3 atom stereocenters. The van der Waals surface area contributed by atoms with Crippen molar-refractivity contribution in [2.75, 3.05) is 25.0 Å². The molecule has 19 heavy (non-hydrogen) atoms. The van der Waals surface area contributed by atoms with Crippen LogP contribution < -0.4 is 0 Å². The molecule has 3 heteroatoms. The maximum atomic E-state index is 10.0. The molecule has 0 aromatic heterocycles. The molecule has 112 valence electrons. The maximum absolute atomic E-state index is 10.0. The summed E-state index contributed by atoms with van der Waals surface area (Å²) in [6, 6.07) is 0. The first kappa shape index (κ1) is 15.8. The summed E-state index contributed by atoms with van der Waals surface area (Å²) >= 11 is 3.78. The zero-order valence-corrected chi connectivity index (χ0v) is 14.2. The van der Waals surface area contributed by atoms with Gasteiger partial charge < -0.3 is 10.0 Å². The second-order valence-electron chi connectivity index (χ2n) is 6.90. The zero-order valence-electron chi connectivity index (χ0n) is 12.6. The molecule has 1 saturated heterocycles. The first-order chi connectivity index (χ1) is 9.14. The van der Waals surface area contributed by atoms with E-state index in [0.717, 1.165) is 24.2 Å². The van der Waals surface area contributed by atoms with Gasteiger partial charge in [0.1, 0.15) is 0 Å². The average Bonchev–Trinajstić information content (AvgIpc) is 2.92. The quantitative estimate of drug-likeness (QED) is 0.719. The van der Waals surface area contributed by atoms with Crippen LogP contribution in [0, 0.1) is 17.3 Å². The Morgan fingerprint density at radius 1 is 1.16 bits per heavy atom. The number of alkyl halides is 1. The van der Waals surface area contributed by atoms with Gasteiger partial charge in [0.15, 0.2) is 0 Å². The Bertz CT molecular complexity index is 278. The van der Waals surface area contributed by atoms with Crippen molar-refractivity contribution >= 4 is 15.9 Å². The highest BCUT2D eigenvalue weighted by atomic mass is 79.9. The van der Waals surface area contributed by atoms with E-state index in [2.05, 4.69) is 34.7 Å². The first-order valence-electron chi connectivity index (χ1n) is 8.10. The third-order valence-electron chi connectivity index (χ3n) is 5.30. The van der Waals surface area contributed by atoms with Gasteiger partial charge in [-0.2, -0.15) is 0 Å². The van der Waals surface area contributed by atoms with E-state index in [4.69, 9.17) is 0 Å². The van der Waals surface area contributed by atoms with Crippen molar-refractivity contribution in [1.82, 2.24) is 4.90 Å². The van der Waals surface area contributed by atoms with E-state index in [-0.39, 0.29) is 6.10 Å². The minimum absolute atomic E-state index is 0.0225. The monoisotopic (exact) mass is 331 g/mol. The fourth-order valence-electron chi connectivity index (χ4n) is 4.45. The minimum atomic E-state index is -0.0225. The predicted octanol–water partition coefficient (Wildman–Crippen LogP) is 3.67. The van der Waals surface area contributed by atoms with Crippen molar-refractivity contribution in [3.63, 3.8) is 0 Å². The highest BCUT2D eigenvalue weighted by Gasteiger charge is 2.43. The van der Waals surface area contributed by atoms with Gasteiger partial charge in [-0.15, -0.1) is 0 Å². The normalized spacial score (nSPS) is 31.9. The van der Waals surface area contributed by atoms with Crippen LogP contribution >= 0.6 is 15.9 Å². The van der Waals surface area contributed by atoms with Crippen LogP contribution in [0.25, 0.3) is 0 Å². The van der Waals surface area contributed by atoms with Gasteiger partial charge in [0.2, 0.25) is 0 Å². The van der Waals surface area contributed by atoms with Crippen molar-refractivity contribution in [2.45, 2.75) is 58.5 Å². The molecular weight excluding hydrogens is 302 g/mol. The molecule has 1 N–H and O–H groups in total. The predicted molar refractivity (Wildman–Crippen MR) is 84.7 cm³/mol. The fourth-order valence-corrected chi connectivity index (χ4v) is 5.19. The molecule has 0 aromatic rings. The number of hydrogen-bond acceptors (Lipinski definition) is 2. The number of aliphatic hydroxyl groups excluding tert-OH is 1. The SMILES string of the molecule is CCCC(CBr)(CCC)CN1CC2CCC(O)C2C1. The van der Waals surface area contributed by atoms with Crippen LogP contribution in [0.1, 0.15) is 52.4 Å². The molecule has 3 unspecified atom stereocenters. The molecule has 2 rings (SSSR count). The van der Waals surface area contributed by atoms with Gasteiger partial charge in [0, 0.05) is 30.9 Å². The van der Waals surface area contributed by atoms with Crippen molar-refractivity contribution in [3.8, 4) is 0 Å². The van der Waals surface area contributed by atoms with E-state index in [9.17, 15) is 5.11 Å². The van der Waals surface area contributed by atoms with Crippen LogP contribution in [0.2, 0.25) is 0 Å². The number of nitrogens with zero attached hydrogens (tertiary/aromatic N) is 1. The minimum Gasteiger partial charge on any atom is -0.393 e. The number of likely N-dealkylation sites (tertiary alicyclic amines) is 1. The second kappa shape index (κ2) is 6.91. The molecule has 2 fully saturated rings. The number of fused-ring (bicyclic) bond motifs is 1. The molecule has 0 spiro atoms. The lowest BCUT2D eigenvalue weighted by atomic mass is 9.80. The van der Waals surface area contributed by atoms with Gasteiger partial charge in [-0.1, -0.05) is 42.6 Å². The van der Waals surface area contributed by atoms with Gasteiger partial charge >= 0.3 is 0 Å². The van der Waals surface area contributed by atoms with Gasteiger partial charge in [0.05, 0.1) is 6.10 Å². The second-order valence-corrected chi connectivity index (χ2v) is 7.46. The van der Waals surface area contributed by atoms with Crippen molar-refractivity contribution in [1.29, 1.82) is 0 Å². The lowest BCUT2D eigenvalue weighted by Gasteiger charge is -2.36. The highest BCUT2D eigenvalue weighted by molar-refractivity contribution is 9.09. The lowest BCUT2D eigenvalue weighted by Crippen LogP contribution is -2.39. The van der Waals surface area contributed by atoms with Crippen LogP contribution in [-0.2, 0) is 0 Å². The van der Waals surface area contributed by atoms with E-state index in [1.165, 1.54) is 45.2 Å². The summed E-state index contributed by atoms with van der Waals surface area (Å²) in [5.74, 6) is 1.34. The Labute approximate surface area is 127 Å². The van der Waals surface area contributed by atoms with Crippen molar-refractivity contribution < 1.29 is 5.11 Å². The van der Waals surface area contributed by atoms with Crippen LogP contribution in [0.3, 0.4) is 0 Å². The fraction of sp³-hybridized carbons (Fsp3) is 1.00. The number of aliphatic hydroxyl groups is 1. The molecule has 2 aliphatic rings. The van der Waals surface area contributed by atoms with Crippen molar-refractivity contribution in [2.24, 2.45) is 17.3 Å². The Balaban J connectivity index is 1.95. The third kappa shape index (κ3) is 3.54. The van der Waals surface area contributed by atoms with E-state index in [0.29, 0.717) is 11.3 Å². The number of halogens is 1. The van der Waals surface area contributed by atoms with Crippen LogP contribution in [0.5, 0.6) is 0 Å². The average molecular weight is 332 g/mol. The van der Waals surface area contributed by atoms with E-state index >= 15 is 0 Å². The number of hydrogen-bond donors (Lipinski definition) is 1. The molecule has 2 nitrogen and oxygen atoms in total. The summed E-state index contributed by atoms with van der Waals surface area (Å²) in [7, 11) is 0. The Morgan fingerprint density at radius 2 is 1.84 bits per heavy atom. The largest absolute Gasteiger partial charge is 0.393 e. The molecule has 1 aliphatic carbocycles. The van der Waals surface area contributed by atoms with Gasteiger partial charge in [-0.3, -0.25) is 0 Å². The topological polar surface area (TPSA) is 23.5 Å². The third-order valence-corrected chi connectivity index (χ3v) is 6.49. The highest BCUT2D eigenvalue weighted by Crippen LogP contribution is 2.41. The number of rotatable bonds is 7. The van der Waals surface area contributed by atoms with E-state index in [1.807, 2.05) is 0 Å². The summed E-state index contributed by atoms with van der Waals surface area (Å²) in [5, 5.41) is 11.2. The van der Waals surface area contributed by atoms with Gasteiger partial charge in [-0.05, 0) is 37.0 Å². The lowest BCUT2D eigenvalue weighted by molar-refractivity contribution is 0.112. The van der Waals surface area contributed by atoms with Gasteiger partial charge in [-0.25, -0.2) is 0 Å². The molecule has 0 aromatic carbocycles. The summed E-state index contributed by atoms with van der Waals surface area (Å²) < 4.78 is 0. The molecular formula is C16H30BrNO. The molecule has 0 amide bonds. The van der Waals surface area contributed by atoms with E-state index in [1.54, 1.807) is 0 Å². The molecule has 1 aliphatic heterocycles.